The average Bonchev–Trinajstić information content (AvgIpc) is 2.32. The Hall–Kier alpha value is -1.26. The van der Waals surface area contributed by atoms with Crippen molar-refractivity contribution in [3.63, 3.8) is 0 Å². The normalized spacial score (nSPS) is 21.1. The molecule has 5 heteroatoms. The van der Waals surface area contributed by atoms with Crippen molar-refractivity contribution >= 4 is 23.1 Å². The second kappa shape index (κ2) is 5.16. The molecule has 0 aliphatic carbocycles. The third kappa shape index (κ3) is 2.60. The van der Waals surface area contributed by atoms with E-state index in [1.54, 1.807) is 6.07 Å². The highest BCUT2D eigenvalue weighted by Crippen LogP contribution is 2.28. The third-order valence-electron chi connectivity index (χ3n) is 3.56. The Bertz CT molecular complexity index is 460. The lowest BCUT2D eigenvalue weighted by Gasteiger charge is -2.39. The Morgan fingerprint density at radius 3 is 2.72 bits per heavy atom. The van der Waals surface area contributed by atoms with E-state index in [4.69, 9.17) is 22.7 Å². The smallest absolute Gasteiger partial charge is 0.122 e. The zero-order valence-corrected chi connectivity index (χ0v) is 11.5. The molecule has 3 N–H and O–H groups in total. The Labute approximate surface area is 113 Å². The van der Waals surface area contributed by atoms with Crippen LogP contribution in [0.4, 0.5) is 5.69 Å². The minimum absolute atomic E-state index is 0.0511. The van der Waals surface area contributed by atoms with Gasteiger partial charge >= 0.3 is 0 Å². The molecule has 0 radical (unpaired) electrons. The van der Waals surface area contributed by atoms with E-state index in [1.807, 2.05) is 12.1 Å². The Morgan fingerprint density at radius 1 is 1.44 bits per heavy atom. The van der Waals surface area contributed by atoms with Gasteiger partial charge < -0.3 is 15.5 Å². The summed E-state index contributed by atoms with van der Waals surface area (Å²) in [5.74, 6) is 0.0511. The van der Waals surface area contributed by atoms with Crippen molar-refractivity contribution < 1.29 is 0 Å². The van der Waals surface area contributed by atoms with Gasteiger partial charge in [-0.05, 0) is 32.2 Å². The van der Waals surface area contributed by atoms with Crippen molar-refractivity contribution in [2.45, 2.75) is 13.0 Å². The molecule has 0 saturated carbocycles. The van der Waals surface area contributed by atoms with Gasteiger partial charge in [-0.2, -0.15) is 0 Å². The van der Waals surface area contributed by atoms with E-state index in [0.29, 0.717) is 16.6 Å². The molecule has 1 atom stereocenters. The lowest BCUT2D eigenvalue weighted by atomic mass is 10.1. The molecule has 0 spiro atoms. The quantitative estimate of drug-likeness (QED) is 0.634. The van der Waals surface area contributed by atoms with E-state index in [0.717, 1.165) is 25.3 Å². The minimum atomic E-state index is 0.0511. The van der Waals surface area contributed by atoms with Crippen LogP contribution in [-0.4, -0.2) is 43.5 Å². The number of hydrogen-bond acceptors (Lipinski definition) is 3. The molecule has 1 aliphatic heterocycles. The molecule has 1 aliphatic rings. The number of piperazine rings is 1. The van der Waals surface area contributed by atoms with Crippen molar-refractivity contribution in [1.29, 1.82) is 5.41 Å². The maximum absolute atomic E-state index is 7.40. The first-order valence-corrected chi connectivity index (χ1v) is 6.46. The number of nitrogens with one attached hydrogen (secondary N) is 1. The maximum Gasteiger partial charge on any atom is 0.122 e. The largest absolute Gasteiger partial charge is 0.384 e. The van der Waals surface area contributed by atoms with Crippen molar-refractivity contribution in [2.24, 2.45) is 5.73 Å². The van der Waals surface area contributed by atoms with Crippen LogP contribution in [0.25, 0.3) is 0 Å². The zero-order chi connectivity index (χ0) is 13.3. The number of anilines is 1. The number of rotatable bonds is 2. The molecule has 4 nitrogen and oxygen atoms in total. The van der Waals surface area contributed by atoms with E-state index < -0.39 is 0 Å². The summed E-state index contributed by atoms with van der Waals surface area (Å²) in [6, 6.07) is 6.09. The molecule has 1 heterocycles. The standard InChI is InChI=1S/C13H19ClN4/c1-9-8-18(6-5-17(9)2)12-4-3-10(13(15)16)7-11(12)14/h3-4,7,9H,5-6,8H2,1-2H3,(H3,15,16). The SMILES string of the molecule is CC1CN(c2ccc(C(=N)N)cc2Cl)CCN1C. The summed E-state index contributed by atoms with van der Waals surface area (Å²) < 4.78 is 0. The second-order valence-electron chi connectivity index (χ2n) is 4.86. The van der Waals surface area contributed by atoms with Crippen LogP contribution in [0.3, 0.4) is 0 Å². The van der Waals surface area contributed by atoms with Gasteiger partial charge in [0.1, 0.15) is 5.84 Å². The first-order chi connectivity index (χ1) is 8.49. The number of benzene rings is 1. The molecule has 98 valence electrons. The lowest BCUT2D eigenvalue weighted by molar-refractivity contribution is 0.234. The number of amidine groups is 1. The zero-order valence-electron chi connectivity index (χ0n) is 10.8. The highest BCUT2D eigenvalue weighted by Gasteiger charge is 2.22. The molecule has 1 unspecified atom stereocenters. The van der Waals surface area contributed by atoms with Crippen molar-refractivity contribution in [2.75, 3.05) is 31.6 Å². The van der Waals surface area contributed by atoms with E-state index in [-0.39, 0.29) is 5.84 Å². The Morgan fingerprint density at radius 2 is 2.17 bits per heavy atom. The summed E-state index contributed by atoms with van der Waals surface area (Å²) in [7, 11) is 2.14. The highest BCUT2D eigenvalue weighted by atomic mass is 35.5. The summed E-state index contributed by atoms with van der Waals surface area (Å²) in [5, 5.41) is 8.07. The predicted octanol–water partition coefficient (Wildman–Crippen LogP) is 1.76. The van der Waals surface area contributed by atoms with Gasteiger partial charge in [-0.15, -0.1) is 0 Å². The van der Waals surface area contributed by atoms with Crippen LogP contribution in [0.15, 0.2) is 18.2 Å². The first kappa shape index (κ1) is 13.2. The fraction of sp³-hybridized carbons (Fsp3) is 0.462. The maximum atomic E-state index is 7.40. The Kier molecular flexibility index (Phi) is 3.78. The molecule has 1 fully saturated rings. The molecule has 1 saturated heterocycles. The molecule has 1 aromatic rings. The van der Waals surface area contributed by atoms with Gasteiger partial charge in [0.25, 0.3) is 0 Å². The number of nitrogens with two attached hydrogens (primary N) is 1. The summed E-state index contributed by atoms with van der Waals surface area (Å²) >= 11 is 6.28. The van der Waals surface area contributed by atoms with Crippen LogP contribution in [0, 0.1) is 5.41 Å². The van der Waals surface area contributed by atoms with E-state index in [2.05, 4.69) is 23.8 Å². The van der Waals surface area contributed by atoms with Gasteiger partial charge in [-0.25, -0.2) is 0 Å². The van der Waals surface area contributed by atoms with Crippen LogP contribution >= 0.6 is 11.6 Å². The monoisotopic (exact) mass is 266 g/mol. The van der Waals surface area contributed by atoms with Gasteiger partial charge in [0.15, 0.2) is 0 Å². The molecule has 0 aromatic heterocycles. The topological polar surface area (TPSA) is 56.4 Å². The molecule has 18 heavy (non-hydrogen) atoms. The number of nitrogens with zero attached hydrogens (tertiary/aromatic N) is 2. The second-order valence-corrected chi connectivity index (χ2v) is 5.26. The molecular formula is C13H19ClN4. The van der Waals surface area contributed by atoms with E-state index in [9.17, 15) is 0 Å². The summed E-state index contributed by atoms with van der Waals surface area (Å²) in [5.41, 5.74) is 7.16. The third-order valence-corrected chi connectivity index (χ3v) is 3.86. The molecule has 0 amide bonds. The first-order valence-electron chi connectivity index (χ1n) is 6.08. The van der Waals surface area contributed by atoms with Crippen molar-refractivity contribution in [1.82, 2.24) is 4.90 Å². The van der Waals surface area contributed by atoms with Gasteiger partial charge in [-0.1, -0.05) is 11.6 Å². The fourth-order valence-electron chi connectivity index (χ4n) is 2.20. The lowest BCUT2D eigenvalue weighted by Crippen LogP contribution is -2.50. The average molecular weight is 267 g/mol. The molecule has 2 rings (SSSR count). The van der Waals surface area contributed by atoms with Crippen LogP contribution in [0.2, 0.25) is 5.02 Å². The number of likely N-dealkylation sites (N-methyl/N-ethyl adjacent to an activating group) is 1. The van der Waals surface area contributed by atoms with Crippen LogP contribution in [0.1, 0.15) is 12.5 Å². The van der Waals surface area contributed by atoms with Gasteiger partial charge in [-0.3, -0.25) is 5.41 Å². The molecule has 0 bridgehead atoms. The molecular weight excluding hydrogens is 248 g/mol. The summed E-state index contributed by atoms with van der Waals surface area (Å²) in [6.45, 7) is 5.19. The van der Waals surface area contributed by atoms with Gasteiger partial charge in [0, 0.05) is 31.2 Å². The van der Waals surface area contributed by atoms with Crippen molar-refractivity contribution in [3.8, 4) is 0 Å². The van der Waals surface area contributed by atoms with Crippen LogP contribution < -0.4 is 10.6 Å². The summed E-state index contributed by atoms with van der Waals surface area (Å²) in [6.07, 6.45) is 0. The van der Waals surface area contributed by atoms with Crippen LogP contribution in [-0.2, 0) is 0 Å². The van der Waals surface area contributed by atoms with Gasteiger partial charge in [0.05, 0.1) is 10.7 Å². The minimum Gasteiger partial charge on any atom is -0.384 e. The summed E-state index contributed by atoms with van der Waals surface area (Å²) in [4.78, 5) is 4.63. The van der Waals surface area contributed by atoms with E-state index in [1.165, 1.54) is 0 Å². The highest BCUT2D eigenvalue weighted by molar-refractivity contribution is 6.33. The number of halogens is 1. The Balaban J connectivity index is 2.21. The predicted molar refractivity (Wildman–Crippen MR) is 76.8 cm³/mol. The van der Waals surface area contributed by atoms with Gasteiger partial charge in [0.2, 0.25) is 0 Å². The van der Waals surface area contributed by atoms with Crippen molar-refractivity contribution in [3.05, 3.63) is 28.8 Å². The van der Waals surface area contributed by atoms with E-state index >= 15 is 0 Å². The fourth-order valence-corrected chi connectivity index (χ4v) is 2.50. The number of hydrogen-bond donors (Lipinski definition) is 2. The number of nitrogen functional groups attached to an aromatic ring is 1. The van der Waals surface area contributed by atoms with Crippen LogP contribution in [0.5, 0.6) is 0 Å². The molecule has 1 aromatic carbocycles.